The molecular weight excluding hydrogens is 442 g/mol. The Balaban J connectivity index is 1.50. The standard InChI is InChI=1S/C28H35N3O2S/c1-30(21-23-9-3-2-4-10-23)34(32,33)26-17-15-24(16-18-26)22-31(20-8-19-29)28-14-7-12-25-11-5-6-13-27(25)28/h2-6,9-11,13,15-18,28H,7-8,12,14,19-22,29H2,1H3. The number of aryl methyl sites for hydroxylation is 1. The van der Waals surface area contributed by atoms with Crippen LogP contribution >= 0.6 is 0 Å². The van der Waals surface area contributed by atoms with Crippen molar-refractivity contribution < 1.29 is 8.42 Å². The van der Waals surface area contributed by atoms with Crippen LogP contribution in [-0.2, 0) is 29.5 Å². The normalized spacial score (nSPS) is 16.1. The number of rotatable bonds is 10. The molecule has 0 spiro atoms. The molecule has 5 nitrogen and oxygen atoms in total. The highest BCUT2D eigenvalue weighted by molar-refractivity contribution is 7.89. The Bertz CT molecular complexity index is 1160. The summed E-state index contributed by atoms with van der Waals surface area (Å²) in [5, 5.41) is 0. The summed E-state index contributed by atoms with van der Waals surface area (Å²) in [6.45, 7) is 2.71. The number of nitrogens with zero attached hydrogens (tertiary/aromatic N) is 2. The molecule has 2 N–H and O–H groups in total. The molecule has 1 unspecified atom stereocenters. The molecule has 0 fully saturated rings. The van der Waals surface area contributed by atoms with E-state index in [-0.39, 0.29) is 0 Å². The molecule has 0 aromatic heterocycles. The fourth-order valence-corrected chi connectivity index (χ4v) is 6.01. The van der Waals surface area contributed by atoms with Crippen molar-refractivity contribution in [2.24, 2.45) is 5.73 Å². The molecule has 0 aliphatic heterocycles. The largest absolute Gasteiger partial charge is 0.330 e. The number of hydrogen-bond acceptors (Lipinski definition) is 4. The summed E-state index contributed by atoms with van der Waals surface area (Å²) in [4.78, 5) is 2.83. The molecular formula is C28H35N3O2S. The van der Waals surface area contributed by atoms with E-state index in [9.17, 15) is 8.42 Å². The van der Waals surface area contributed by atoms with E-state index < -0.39 is 10.0 Å². The molecule has 4 rings (SSSR count). The summed E-state index contributed by atoms with van der Waals surface area (Å²) in [5.41, 5.74) is 10.8. The number of nitrogens with two attached hydrogens (primary N) is 1. The van der Waals surface area contributed by atoms with Crippen molar-refractivity contribution in [3.63, 3.8) is 0 Å². The van der Waals surface area contributed by atoms with Gasteiger partial charge >= 0.3 is 0 Å². The Labute approximate surface area is 204 Å². The second-order valence-corrected chi connectivity index (χ2v) is 11.2. The number of fused-ring (bicyclic) bond motifs is 1. The second kappa shape index (κ2) is 11.3. The summed E-state index contributed by atoms with van der Waals surface area (Å²) in [7, 11) is -1.92. The molecule has 0 bridgehead atoms. The monoisotopic (exact) mass is 477 g/mol. The quantitative estimate of drug-likeness (QED) is 0.458. The van der Waals surface area contributed by atoms with E-state index in [0.717, 1.165) is 43.5 Å². The van der Waals surface area contributed by atoms with Crippen LogP contribution < -0.4 is 5.73 Å². The van der Waals surface area contributed by atoms with Gasteiger partial charge in [-0.1, -0.05) is 66.7 Å². The van der Waals surface area contributed by atoms with Gasteiger partial charge in [-0.3, -0.25) is 4.90 Å². The summed E-state index contributed by atoms with van der Waals surface area (Å²) >= 11 is 0. The summed E-state index contributed by atoms with van der Waals surface area (Å²) in [6.07, 6.45) is 4.40. The van der Waals surface area contributed by atoms with Gasteiger partial charge in [0, 0.05) is 32.7 Å². The Morgan fingerprint density at radius 1 is 0.882 bits per heavy atom. The van der Waals surface area contributed by atoms with Crippen molar-refractivity contribution in [3.05, 3.63) is 101 Å². The highest BCUT2D eigenvalue weighted by Crippen LogP contribution is 2.35. The fourth-order valence-electron chi connectivity index (χ4n) is 4.85. The molecule has 1 aliphatic carbocycles. The van der Waals surface area contributed by atoms with Crippen molar-refractivity contribution in [1.82, 2.24) is 9.21 Å². The first-order valence-electron chi connectivity index (χ1n) is 12.1. The zero-order valence-corrected chi connectivity index (χ0v) is 20.8. The van der Waals surface area contributed by atoms with Gasteiger partial charge in [-0.25, -0.2) is 8.42 Å². The third-order valence-corrected chi connectivity index (χ3v) is 8.51. The lowest BCUT2D eigenvalue weighted by Gasteiger charge is -2.36. The van der Waals surface area contributed by atoms with E-state index in [4.69, 9.17) is 5.73 Å². The fraction of sp³-hybridized carbons (Fsp3) is 0.357. The lowest BCUT2D eigenvalue weighted by atomic mass is 9.86. The van der Waals surface area contributed by atoms with Gasteiger partial charge in [-0.15, -0.1) is 0 Å². The number of hydrogen-bond donors (Lipinski definition) is 1. The first-order valence-corrected chi connectivity index (χ1v) is 13.5. The number of benzene rings is 3. The smallest absolute Gasteiger partial charge is 0.243 e. The molecule has 1 aliphatic rings. The Kier molecular flexibility index (Phi) is 8.16. The highest BCUT2D eigenvalue weighted by Gasteiger charge is 2.26. The van der Waals surface area contributed by atoms with Gasteiger partial charge in [0.25, 0.3) is 0 Å². The van der Waals surface area contributed by atoms with Crippen LogP contribution in [0.3, 0.4) is 0 Å². The van der Waals surface area contributed by atoms with Crippen LogP contribution in [0.5, 0.6) is 0 Å². The van der Waals surface area contributed by atoms with Crippen LogP contribution in [0.4, 0.5) is 0 Å². The maximum atomic E-state index is 13.1. The van der Waals surface area contributed by atoms with Crippen molar-refractivity contribution in [2.45, 2.75) is 49.7 Å². The van der Waals surface area contributed by atoms with E-state index in [1.807, 2.05) is 42.5 Å². The van der Waals surface area contributed by atoms with E-state index in [2.05, 4.69) is 29.2 Å². The third-order valence-electron chi connectivity index (χ3n) is 6.69. The maximum absolute atomic E-state index is 13.1. The van der Waals surface area contributed by atoms with Crippen LogP contribution in [0.2, 0.25) is 0 Å². The average Bonchev–Trinajstić information content (AvgIpc) is 2.87. The molecule has 0 saturated carbocycles. The molecule has 0 heterocycles. The molecule has 3 aromatic carbocycles. The molecule has 0 radical (unpaired) electrons. The molecule has 3 aromatic rings. The van der Waals surface area contributed by atoms with Gasteiger partial charge in [0.05, 0.1) is 4.90 Å². The molecule has 34 heavy (non-hydrogen) atoms. The summed E-state index contributed by atoms with van der Waals surface area (Å²) in [6, 6.07) is 26.2. The van der Waals surface area contributed by atoms with Crippen LogP contribution in [0, 0.1) is 0 Å². The Morgan fingerprint density at radius 3 is 2.29 bits per heavy atom. The topological polar surface area (TPSA) is 66.6 Å². The van der Waals surface area contributed by atoms with Crippen LogP contribution in [0.1, 0.15) is 47.6 Å². The van der Waals surface area contributed by atoms with Gasteiger partial charge in [0.15, 0.2) is 0 Å². The molecule has 0 saturated heterocycles. The zero-order chi connectivity index (χ0) is 24.0. The minimum atomic E-state index is -3.55. The summed E-state index contributed by atoms with van der Waals surface area (Å²) in [5.74, 6) is 0. The molecule has 6 heteroatoms. The van der Waals surface area contributed by atoms with E-state index in [1.165, 1.54) is 21.9 Å². The van der Waals surface area contributed by atoms with Crippen molar-refractivity contribution in [1.29, 1.82) is 0 Å². The molecule has 180 valence electrons. The van der Waals surface area contributed by atoms with Crippen LogP contribution in [0.15, 0.2) is 83.8 Å². The first kappa shape index (κ1) is 24.6. The summed E-state index contributed by atoms with van der Waals surface area (Å²) < 4.78 is 27.6. The van der Waals surface area contributed by atoms with E-state index >= 15 is 0 Å². The van der Waals surface area contributed by atoms with Gasteiger partial charge in [0.1, 0.15) is 0 Å². The van der Waals surface area contributed by atoms with Crippen molar-refractivity contribution in [2.75, 3.05) is 20.1 Å². The van der Waals surface area contributed by atoms with Crippen molar-refractivity contribution in [3.8, 4) is 0 Å². The lowest BCUT2D eigenvalue weighted by molar-refractivity contribution is 0.168. The lowest BCUT2D eigenvalue weighted by Crippen LogP contribution is -2.32. The highest BCUT2D eigenvalue weighted by atomic mass is 32.2. The number of sulfonamides is 1. The first-order chi connectivity index (χ1) is 16.5. The zero-order valence-electron chi connectivity index (χ0n) is 19.9. The average molecular weight is 478 g/mol. The minimum Gasteiger partial charge on any atom is -0.330 e. The molecule has 0 amide bonds. The Morgan fingerprint density at radius 2 is 1.56 bits per heavy atom. The maximum Gasteiger partial charge on any atom is 0.243 e. The van der Waals surface area contributed by atoms with E-state index in [0.29, 0.717) is 24.0 Å². The van der Waals surface area contributed by atoms with E-state index in [1.54, 1.807) is 19.2 Å². The van der Waals surface area contributed by atoms with Gasteiger partial charge < -0.3 is 5.73 Å². The van der Waals surface area contributed by atoms with Crippen LogP contribution in [-0.4, -0.2) is 37.8 Å². The van der Waals surface area contributed by atoms with Crippen LogP contribution in [0.25, 0.3) is 0 Å². The Hall–Kier alpha value is -2.51. The SMILES string of the molecule is CN(Cc1ccccc1)S(=O)(=O)c1ccc(CN(CCCN)C2CCCc3ccccc32)cc1. The van der Waals surface area contributed by atoms with Crippen molar-refractivity contribution >= 4 is 10.0 Å². The second-order valence-electron chi connectivity index (χ2n) is 9.11. The third kappa shape index (κ3) is 5.76. The minimum absolute atomic E-state index is 0.325. The van der Waals surface area contributed by atoms with Gasteiger partial charge in [-0.2, -0.15) is 4.31 Å². The van der Waals surface area contributed by atoms with Gasteiger partial charge in [0.2, 0.25) is 10.0 Å². The van der Waals surface area contributed by atoms with Gasteiger partial charge in [-0.05, 0) is 66.6 Å². The predicted octanol–water partition coefficient (Wildman–Crippen LogP) is 4.74. The predicted molar refractivity (Wildman–Crippen MR) is 138 cm³/mol. The molecule has 1 atom stereocenters.